The standard InChI is InChI=1S/C97H191N3O42/c1-2-3-4-5-6-7-8-9-10-11-12-14-94(101)91-93(97(104)105)92-100-95(102)15-13-18-106-21-23-108-25-27-110-29-31-112-33-35-114-37-39-116-41-43-118-45-47-120-49-51-122-53-55-124-57-59-126-61-63-128-65-67-130-69-71-132-73-75-134-77-79-136-81-83-138-85-87-140-89-90-141-88-86-139-84-82-137-80-78-135-76-74-133-72-70-131-68-66-129-64-62-127-60-58-125-56-54-123-52-50-121-48-46-119-44-42-117-40-38-115-36-34-113-32-30-111-28-26-109-24-22-107-19-16-96(103)99-17-20-142-98/h93H,2-92,98H2,1H3,(H,99,103)(H,100,102)(H,104,105)/t93-/m0/s1. The van der Waals surface area contributed by atoms with E-state index in [4.69, 9.17) is 176 Å². The van der Waals surface area contributed by atoms with Crippen molar-refractivity contribution in [2.24, 2.45) is 11.8 Å². The number of aliphatic carboxylic acids is 1. The first-order chi connectivity index (χ1) is 70.4. The molecule has 45 heteroatoms. The molecule has 0 unspecified atom stereocenters. The lowest BCUT2D eigenvalue weighted by molar-refractivity contribution is -0.143. The van der Waals surface area contributed by atoms with Crippen molar-refractivity contribution in [2.75, 3.05) is 495 Å². The topological polar surface area (TPSA) is 480 Å². The van der Waals surface area contributed by atoms with E-state index < -0.39 is 11.9 Å². The minimum Gasteiger partial charge on any atom is -0.481 e. The summed E-state index contributed by atoms with van der Waals surface area (Å²) in [6.07, 6.45) is 14.4. The van der Waals surface area contributed by atoms with Crippen LogP contribution in [0.25, 0.3) is 0 Å². The Kier molecular flexibility index (Phi) is 125. The maximum absolute atomic E-state index is 12.4. The highest BCUT2D eigenvalue weighted by Gasteiger charge is 2.22. The average Bonchev–Trinajstić information content (AvgIpc) is 0.928. The van der Waals surface area contributed by atoms with Gasteiger partial charge in [0.15, 0.2) is 0 Å². The van der Waals surface area contributed by atoms with E-state index in [-0.39, 0.29) is 50.0 Å². The average molecular weight is 2070 g/mol. The minimum absolute atomic E-state index is 0.0597. The maximum atomic E-state index is 12.4. The molecule has 0 radical (unpaired) electrons. The van der Waals surface area contributed by atoms with Crippen LogP contribution in [-0.4, -0.2) is 524 Å². The number of Topliss-reactive ketones (excluding diaryl/α,β-unsaturated/α-hetero) is 1. The van der Waals surface area contributed by atoms with Gasteiger partial charge in [-0.3, -0.25) is 19.2 Å². The Balaban J connectivity index is 3.17. The maximum Gasteiger partial charge on any atom is 0.308 e. The minimum atomic E-state index is -1.07. The van der Waals surface area contributed by atoms with Gasteiger partial charge in [0.1, 0.15) is 5.78 Å². The van der Waals surface area contributed by atoms with E-state index in [1.807, 2.05) is 0 Å². The normalized spacial score (nSPS) is 11.9. The summed E-state index contributed by atoms with van der Waals surface area (Å²) in [5.41, 5.74) is 0. The van der Waals surface area contributed by atoms with E-state index in [0.29, 0.717) is 495 Å². The second-order valence-corrected chi connectivity index (χ2v) is 31.0. The van der Waals surface area contributed by atoms with Crippen LogP contribution in [-0.2, 0) is 195 Å². The second kappa shape index (κ2) is 128. The lowest BCUT2D eigenvalue weighted by Gasteiger charge is -2.13. The Morgan fingerprint density at radius 3 is 0.528 bits per heavy atom. The number of hydrogen-bond donors (Lipinski definition) is 4. The van der Waals surface area contributed by atoms with E-state index in [0.717, 1.165) is 19.3 Å². The van der Waals surface area contributed by atoms with Gasteiger partial charge in [-0.1, -0.05) is 71.1 Å². The number of carboxylic acid groups (broad SMARTS) is 1. The molecule has 0 aromatic rings. The molecule has 142 heavy (non-hydrogen) atoms. The van der Waals surface area contributed by atoms with Gasteiger partial charge < -0.3 is 191 Å². The smallest absolute Gasteiger partial charge is 0.308 e. The number of carbonyl (C=O) groups is 4. The van der Waals surface area contributed by atoms with Crippen molar-refractivity contribution in [3.05, 3.63) is 0 Å². The van der Waals surface area contributed by atoms with Crippen molar-refractivity contribution in [3.63, 3.8) is 0 Å². The third-order valence-corrected chi connectivity index (χ3v) is 19.2. The Morgan fingerprint density at radius 1 is 0.190 bits per heavy atom. The first-order valence-electron chi connectivity index (χ1n) is 51.8. The molecule has 0 bridgehead atoms. The van der Waals surface area contributed by atoms with Gasteiger partial charge in [0, 0.05) is 45.4 Å². The highest BCUT2D eigenvalue weighted by Crippen LogP contribution is 2.14. The largest absolute Gasteiger partial charge is 0.481 e. The van der Waals surface area contributed by atoms with Crippen LogP contribution < -0.4 is 16.5 Å². The van der Waals surface area contributed by atoms with Crippen molar-refractivity contribution >= 4 is 23.6 Å². The molecule has 5 N–H and O–H groups in total. The lowest BCUT2D eigenvalue weighted by Crippen LogP contribution is -2.34. The van der Waals surface area contributed by atoms with Gasteiger partial charge in [-0.2, -0.15) is 0 Å². The summed E-state index contributed by atoms with van der Waals surface area (Å²) in [5, 5.41) is 14.9. The zero-order valence-corrected chi connectivity index (χ0v) is 86.7. The molecule has 0 fully saturated rings. The van der Waals surface area contributed by atoms with Crippen LogP contribution >= 0.6 is 0 Å². The fraction of sp³-hybridized carbons (Fsp3) is 0.959. The van der Waals surface area contributed by atoms with Crippen LogP contribution in [0.4, 0.5) is 0 Å². The van der Waals surface area contributed by atoms with E-state index in [9.17, 15) is 24.3 Å². The molecule has 0 aromatic heterocycles. The molecule has 45 nitrogen and oxygen atoms in total. The summed E-state index contributed by atoms with van der Waals surface area (Å²) < 4.78 is 199. The Hall–Kier alpha value is -3.44. The summed E-state index contributed by atoms with van der Waals surface area (Å²) in [7, 11) is 0. The summed E-state index contributed by atoms with van der Waals surface area (Å²) in [6, 6.07) is 0. The Morgan fingerprint density at radius 2 is 0.352 bits per heavy atom. The number of nitrogens with one attached hydrogen (secondary N) is 2. The number of nitrogens with two attached hydrogens (primary N) is 1. The fourth-order valence-electron chi connectivity index (χ4n) is 11.6. The number of unbranched alkanes of at least 4 members (excludes halogenated alkanes) is 10. The summed E-state index contributed by atoms with van der Waals surface area (Å²) in [4.78, 5) is 52.3. The number of hydrogen-bond acceptors (Lipinski definition) is 42. The zero-order chi connectivity index (χ0) is 102. The molecule has 0 spiro atoms. The molecule has 0 aliphatic heterocycles. The first-order valence-corrected chi connectivity index (χ1v) is 51.8. The van der Waals surface area contributed by atoms with E-state index >= 15 is 0 Å². The molecule has 1 atom stereocenters. The monoisotopic (exact) mass is 2070 g/mol. The molecule has 0 aromatic carbocycles. The van der Waals surface area contributed by atoms with Crippen molar-refractivity contribution in [1.82, 2.24) is 10.6 Å². The van der Waals surface area contributed by atoms with Gasteiger partial charge in [0.05, 0.1) is 482 Å². The van der Waals surface area contributed by atoms with Gasteiger partial charge in [0.25, 0.3) is 0 Å². The van der Waals surface area contributed by atoms with Crippen molar-refractivity contribution < 1.29 is 200 Å². The molecule has 2 amide bonds. The van der Waals surface area contributed by atoms with Crippen LogP contribution in [0.3, 0.4) is 0 Å². The van der Waals surface area contributed by atoms with Crippen molar-refractivity contribution in [3.8, 4) is 0 Å². The van der Waals surface area contributed by atoms with Gasteiger partial charge in [-0.25, -0.2) is 5.90 Å². The lowest BCUT2D eigenvalue weighted by atomic mass is 9.98. The van der Waals surface area contributed by atoms with Crippen molar-refractivity contribution in [2.45, 2.75) is 110 Å². The number of rotatable bonds is 132. The highest BCUT2D eigenvalue weighted by atomic mass is 16.6. The number of carboxylic acids is 1. The summed E-state index contributed by atoms with van der Waals surface area (Å²) in [5.74, 6) is 2.47. The predicted molar refractivity (Wildman–Crippen MR) is 521 cm³/mol. The van der Waals surface area contributed by atoms with Crippen LogP contribution in [0.1, 0.15) is 110 Å². The number of amides is 2. The quantitative estimate of drug-likeness (QED) is 0.0488. The molecule has 0 aliphatic rings. The van der Waals surface area contributed by atoms with Crippen molar-refractivity contribution in [1.29, 1.82) is 0 Å². The molecule has 0 heterocycles. The molecular formula is C97H191N3O42. The van der Waals surface area contributed by atoms with Crippen LogP contribution in [0.5, 0.6) is 0 Å². The zero-order valence-electron chi connectivity index (χ0n) is 86.7. The molecule has 846 valence electrons. The Bertz CT molecular complexity index is 2370. The fourth-order valence-corrected chi connectivity index (χ4v) is 11.6. The number of ketones is 1. The SMILES string of the molecule is CCCCCCCCCCCCCC(=O)C[C@@H](CNC(=O)CCCOCCOCCOCCOCCOCCOCCOCCOCCOCCOCCOCCOCCOCCOCCOCCOCCOCCOCCOCCOCCOCCOCCOCCOCCOCCOCCOCCOCCOCCOCCOCCOCCOCCOCCOCCOCCC(=O)NCCON)C(=O)O. The number of carbonyl (C=O) groups excluding carboxylic acids is 3. The van der Waals surface area contributed by atoms with Crippen LogP contribution in [0.2, 0.25) is 0 Å². The number of ether oxygens (including phenoxy) is 36. The van der Waals surface area contributed by atoms with Crippen LogP contribution in [0.15, 0.2) is 0 Å². The predicted octanol–water partition coefficient (Wildman–Crippen LogP) is 4.24. The summed E-state index contributed by atoms with van der Waals surface area (Å²) >= 11 is 0. The molecule has 0 saturated carbocycles. The van der Waals surface area contributed by atoms with Gasteiger partial charge in [-0.15, -0.1) is 0 Å². The van der Waals surface area contributed by atoms with E-state index in [1.165, 1.54) is 51.4 Å². The van der Waals surface area contributed by atoms with Gasteiger partial charge in [0.2, 0.25) is 11.8 Å². The third-order valence-electron chi connectivity index (χ3n) is 19.2. The molecule has 0 saturated heterocycles. The van der Waals surface area contributed by atoms with E-state index in [1.54, 1.807) is 0 Å². The van der Waals surface area contributed by atoms with Gasteiger partial charge >= 0.3 is 5.97 Å². The Labute approximate surface area is 847 Å². The second-order valence-electron chi connectivity index (χ2n) is 31.0. The first kappa shape index (κ1) is 139. The summed E-state index contributed by atoms with van der Waals surface area (Å²) in [6.45, 7) is 35.7. The highest BCUT2D eigenvalue weighted by molar-refractivity contribution is 5.84. The molecule has 0 aliphatic carbocycles. The van der Waals surface area contributed by atoms with Crippen LogP contribution in [0, 0.1) is 5.92 Å². The third kappa shape index (κ3) is 125. The van der Waals surface area contributed by atoms with Gasteiger partial charge in [-0.05, 0) is 12.8 Å². The van der Waals surface area contributed by atoms with E-state index in [2.05, 4.69) is 22.4 Å². The molecule has 0 rings (SSSR count). The molecular weight excluding hydrogens is 1880 g/mol.